The molecule has 0 unspecified atom stereocenters. The normalized spacial score (nSPS) is 14.1. The van der Waals surface area contributed by atoms with Gasteiger partial charge in [-0.2, -0.15) is 0 Å². The maximum absolute atomic E-state index is 6.08. The molecule has 2 aromatic rings. The van der Waals surface area contributed by atoms with Crippen molar-refractivity contribution in [2.75, 3.05) is 19.0 Å². The van der Waals surface area contributed by atoms with E-state index in [1.54, 1.807) is 7.11 Å². The summed E-state index contributed by atoms with van der Waals surface area (Å²) >= 11 is 0. The molecule has 3 N–H and O–H groups in total. The Balaban J connectivity index is 1.63. The first kappa shape index (κ1) is 16.4. The van der Waals surface area contributed by atoms with Crippen LogP contribution in [-0.2, 0) is 19.3 Å². The molecule has 4 heteroatoms. The average molecular weight is 323 g/mol. The highest BCUT2D eigenvalue weighted by atomic mass is 16.5. The van der Waals surface area contributed by atoms with Gasteiger partial charge in [-0.15, -0.1) is 0 Å². The van der Waals surface area contributed by atoms with Gasteiger partial charge in [0.1, 0.15) is 5.75 Å². The summed E-state index contributed by atoms with van der Waals surface area (Å²) in [5, 5.41) is 3.28. The molecule has 0 amide bonds. The monoisotopic (exact) mass is 323 g/mol. The highest BCUT2D eigenvalue weighted by Crippen LogP contribution is 2.27. The zero-order chi connectivity index (χ0) is 16.8. The number of nitrogens with zero attached hydrogens (tertiary/aromatic N) is 1. The lowest BCUT2D eigenvalue weighted by atomic mass is 9.90. The van der Waals surface area contributed by atoms with Gasteiger partial charge in [-0.25, -0.2) is 0 Å². The van der Waals surface area contributed by atoms with E-state index in [0.717, 1.165) is 36.3 Å². The van der Waals surface area contributed by atoms with Gasteiger partial charge in [-0.3, -0.25) is 4.99 Å². The lowest BCUT2D eigenvalue weighted by Crippen LogP contribution is -2.24. The molecule has 0 aliphatic heterocycles. The van der Waals surface area contributed by atoms with Crippen LogP contribution in [0.1, 0.15) is 29.5 Å². The fourth-order valence-electron chi connectivity index (χ4n) is 3.28. The van der Waals surface area contributed by atoms with Crippen molar-refractivity contribution in [3.63, 3.8) is 0 Å². The Morgan fingerprint density at radius 3 is 2.83 bits per heavy atom. The summed E-state index contributed by atoms with van der Waals surface area (Å²) in [4.78, 5) is 4.47. The van der Waals surface area contributed by atoms with Gasteiger partial charge in [0.2, 0.25) is 0 Å². The molecule has 1 aliphatic rings. The summed E-state index contributed by atoms with van der Waals surface area (Å²) in [5.41, 5.74) is 11.2. The second kappa shape index (κ2) is 7.86. The molecule has 0 heterocycles. The van der Waals surface area contributed by atoms with Crippen LogP contribution in [0.5, 0.6) is 5.75 Å². The van der Waals surface area contributed by atoms with Crippen molar-refractivity contribution in [1.82, 2.24) is 0 Å². The molecule has 0 atom stereocenters. The van der Waals surface area contributed by atoms with Crippen molar-refractivity contribution in [2.45, 2.75) is 32.1 Å². The van der Waals surface area contributed by atoms with Gasteiger partial charge in [0.15, 0.2) is 5.96 Å². The number of para-hydroxylation sites is 1. The van der Waals surface area contributed by atoms with E-state index in [1.807, 2.05) is 18.2 Å². The minimum absolute atomic E-state index is 0.476. The fourth-order valence-corrected chi connectivity index (χ4v) is 3.28. The average Bonchev–Trinajstić information content (AvgIpc) is 2.62. The van der Waals surface area contributed by atoms with E-state index < -0.39 is 0 Å². The van der Waals surface area contributed by atoms with Crippen molar-refractivity contribution in [3.8, 4) is 5.75 Å². The zero-order valence-corrected chi connectivity index (χ0v) is 14.2. The molecule has 2 aromatic carbocycles. The van der Waals surface area contributed by atoms with Gasteiger partial charge in [-0.1, -0.05) is 30.3 Å². The van der Waals surface area contributed by atoms with E-state index >= 15 is 0 Å². The van der Waals surface area contributed by atoms with Gasteiger partial charge in [0.05, 0.1) is 7.11 Å². The third-order valence-electron chi connectivity index (χ3n) is 4.51. The lowest BCUT2D eigenvalue weighted by molar-refractivity contribution is 0.410. The van der Waals surface area contributed by atoms with E-state index in [2.05, 4.69) is 34.6 Å². The molecule has 0 saturated carbocycles. The van der Waals surface area contributed by atoms with E-state index in [4.69, 9.17) is 10.5 Å². The molecule has 126 valence electrons. The number of anilines is 1. The van der Waals surface area contributed by atoms with Crippen LogP contribution in [0.2, 0.25) is 0 Å². The van der Waals surface area contributed by atoms with Gasteiger partial charge < -0.3 is 15.8 Å². The molecule has 24 heavy (non-hydrogen) atoms. The van der Waals surface area contributed by atoms with Crippen LogP contribution in [0.3, 0.4) is 0 Å². The summed E-state index contributed by atoms with van der Waals surface area (Å²) < 4.78 is 5.37. The summed E-state index contributed by atoms with van der Waals surface area (Å²) in [6, 6.07) is 14.4. The maximum atomic E-state index is 6.08. The van der Waals surface area contributed by atoms with Crippen LogP contribution in [-0.4, -0.2) is 19.6 Å². The van der Waals surface area contributed by atoms with E-state index in [1.165, 1.54) is 24.0 Å². The zero-order valence-electron chi connectivity index (χ0n) is 14.2. The largest absolute Gasteiger partial charge is 0.496 e. The SMILES string of the molecule is COc1ccccc1CCN=C(N)Nc1cccc2c1CCCC2. The maximum Gasteiger partial charge on any atom is 0.193 e. The molecule has 0 aromatic heterocycles. The Hall–Kier alpha value is -2.49. The van der Waals surface area contributed by atoms with Crippen LogP contribution in [0.15, 0.2) is 47.5 Å². The number of aliphatic imine (C=N–C) groups is 1. The lowest BCUT2D eigenvalue weighted by Gasteiger charge is -2.19. The van der Waals surface area contributed by atoms with Crippen molar-refractivity contribution in [2.24, 2.45) is 10.7 Å². The number of ether oxygens (including phenoxy) is 1. The molecule has 0 fully saturated rings. The first-order valence-corrected chi connectivity index (χ1v) is 8.57. The van der Waals surface area contributed by atoms with Crippen LogP contribution in [0, 0.1) is 0 Å². The van der Waals surface area contributed by atoms with Crippen molar-refractivity contribution >= 4 is 11.6 Å². The Kier molecular flexibility index (Phi) is 5.36. The molecule has 0 spiro atoms. The number of guanidine groups is 1. The third kappa shape index (κ3) is 3.88. The number of methoxy groups -OCH3 is 1. The third-order valence-corrected chi connectivity index (χ3v) is 4.51. The number of nitrogens with one attached hydrogen (secondary N) is 1. The quantitative estimate of drug-likeness (QED) is 0.653. The molecule has 3 rings (SSSR count). The number of benzene rings is 2. The Morgan fingerprint density at radius 1 is 1.12 bits per heavy atom. The van der Waals surface area contributed by atoms with Crippen LogP contribution in [0.4, 0.5) is 5.69 Å². The summed E-state index contributed by atoms with van der Waals surface area (Å²) in [7, 11) is 1.69. The Bertz CT molecular complexity index is 725. The summed E-state index contributed by atoms with van der Waals surface area (Å²) in [6.07, 6.45) is 5.61. The van der Waals surface area contributed by atoms with Crippen molar-refractivity contribution in [1.29, 1.82) is 0 Å². The van der Waals surface area contributed by atoms with Gasteiger partial charge in [-0.05, 0) is 60.9 Å². The molecule has 4 nitrogen and oxygen atoms in total. The molecule has 0 bridgehead atoms. The van der Waals surface area contributed by atoms with Gasteiger partial charge >= 0.3 is 0 Å². The fraction of sp³-hybridized carbons (Fsp3) is 0.350. The Labute approximate surface area is 143 Å². The van der Waals surface area contributed by atoms with E-state index in [-0.39, 0.29) is 0 Å². The van der Waals surface area contributed by atoms with Gasteiger partial charge in [0.25, 0.3) is 0 Å². The predicted molar refractivity (Wildman–Crippen MR) is 99.9 cm³/mol. The standard InChI is InChI=1S/C20H25N3O/c1-24-19-12-5-3-8-16(19)13-14-22-20(21)23-18-11-6-9-15-7-2-4-10-17(15)18/h3,5-6,8-9,11-12H,2,4,7,10,13-14H2,1H3,(H3,21,22,23). The number of fused-ring (bicyclic) bond motifs is 1. The minimum atomic E-state index is 0.476. The van der Waals surface area contributed by atoms with E-state index in [9.17, 15) is 0 Å². The first-order chi connectivity index (χ1) is 11.8. The number of hydrogen-bond donors (Lipinski definition) is 2. The summed E-state index contributed by atoms with van der Waals surface area (Å²) in [6.45, 7) is 0.633. The highest BCUT2D eigenvalue weighted by Gasteiger charge is 2.13. The van der Waals surface area contributed by atoms with E-state index in [0.29, 0.717) is 12.5 Å². The van der Waals surface area contributed by atoms with Gasteiger partial charge in [0, 0.05) is 12.2 Å². The molecular formula is C20H25N3O. The second-order valence-corrected chi connectivity index (χ2v) is 6.10. The first-order valence-electron chi connectivity index (χ1n) is 8.57. The number of hydrogen-bond acceptors (Lipinski definition) is 2. The highest BCUT2D eigenvalue weighted by molar-refractivity contribution is 5.93. The van der Waals surface area contributed by atoms with Crippen LogP contribution >= 0.6 is 0 Å². The summed E-state index contributed by atoms with van der Waals surface area (Å²) in [5.74, 6) is 1.38. The van der Waals surface area contributed by atoms with Crippen LogP contribution in [0.25, 0.3) is 0 Å². The topological polar surface area (TPSA) is 59.6 Å². The smallest absolute Gasteiger partial charge is 0.193 e. The number of rotatable bonds is 5. The van der Waals surface area contributed by atoms with Crippen LogP contribution < -0.4 is 15.8 Å². The molecule has 0 radical (unpaired) electrons. The predicted octanol–water partition coefficient (Wildman–Crippen LogP) is 3.54. The minimum Gasteiger partial charge on any atom is -0.496 e. The molecular weight excluding hydrogens is 298 g/mol. The molecule has 0 saturated heterocycles. The number of aryl methyl sites for hydroxylation is 1. The second-order valence-electron chi connectivity index (χ2n) is 6.10. The number of nitrogens with two attached hydrogens (primary N) is 1. The Morgan fingerprint density at radius 2 is 1.96 bits per heavy atom. The van der Waals surface area contributed by atoms with Crippen molar-refractivity contribution < 1.29 is 4.74 Å². The van der Waals surface area contributed by atoms with Crippen molar-refractivity contribution in [3.05, 3.63) is 59.2 Å². The molecule has 1 aliphatic carbocycles.